The van der Waals surface area contributed by atoms with Crippen molar-refractivity contribution in [1.29, 1.82) is 0 Å². The van der Waals surface area contributed by atoms with Crippen molar-refractivity contribution in [3.63, 3.8) is 0 Å². The molecule has 0 saturated carbocycles. The highest BCUT2D eigenvalue weighted by Crippen LogP contribution is 2.17. The standard InChI is InChI=1S/C12H19N3O/c1-5-6-15(12(2,3)4)11(16)10-7-9(13)8-14-10/h5,7-8,14H,1,6,13H2,2-4H3. The van der Waals surface area contributed by atoms with Crippen LogP contribution in [-0.4, -0.2) is 27.9 Å². The molecule has 88 valence electrons. The van der Waals surface area contributed by atoms with Crippen molar-refractivity contribution in [2.24, 2.45) is 0 Å². The molecule has 1 amide bonds. The zero-order chi connectivity index (χ0) is 12.3. The second kappa shape index (κ2) is 4.43. The lowest BCUT2D eigenvalue weighted by atomic mass is 10.1. The van der Waals surface area contributed by atoms with Gasteiger partial charge in [-0.2, -0.15) is 0 Å². The largest absolute Gasteiger partial charge is 0.397 e. The van der Waals surface area contributed by atoms with Crippen molar-refractivity contribution in [3.05, 3.63) is 30.6 Å². The lowest BCUT2D eigenvalue weighted by Crippen LogP contribution is -2.45. The molecule has 0 aliphatic heterocycles. The van der Waals surface area contributed by atoms with Gasteiger partial charge in [0, 0.05) is 24.0 Å². The first kappa shape index (κ1) is 12.4. The van der Waals surface area contributed by atoms with E-state index >= 15 is 0 Å². The van der Waals surface area contributed by atoms with Gasteiger partial charge in [-0.15, -0.1) is 6.58 Å². The summed E-state index contributed by atoms with van der Waals surface area (Å²) in [6.07, 6.45) is 3.33. The van der Waals surface area contributed by atoms with Crippen LogP contribution in [0.1, 0.15) is 31.3 Å². The molecule has 0 aliphatic rings. The average molecular weight is 221 g/mol. The first-order chi connectivity index (χ1) is 7.36. The topological polar surface area (TPSA) is 62.1 Å². The maximum atomic E-state index is 12.2. The minimum Gasteiger partial charge on any atom is -0.397 e. The van der Waals surface area contributed by atoms with E-state index in [0.29, 0.717) is 17.9 Å². The van der Waals surface area contributed by atoms with Crippen LogP contribution in [-0.2, 0) is 0 Å². The van der Waals surface area contributed by atoms with E-state index in [1.54, 1.807) is 23.2 Å². The lowest BCUT2D eigenvalue weighted by Gasteiger charge is -2.34. The molecule has 4 heteroatoms. The number of H-pyrrole nitrogens is 1. The van der Waals surface area contributed by atoms with Crippen molar-refractivity contribution in [3.8, 4) is 0 Å². The Kier molecular flexibility index (Phi) is 3.42. The Hall–Kier alpha value is -1.71. The fourth-order valence-corrected chi connectivity index (χ4v) is 1.47. The molecule has 0 unspecified atom stereocenters. The van der Waals surface area contributed by atoms with Crippen LogP contribution in [0.25, 0.3) is 0 Å². The molecular formula is C12H19N3O. The number of amides is 1. The molecule has 0 bridgehead atoms. The van der Waals surface area contributed by atoms with Crippen molar-refractivity contribution in [2.45, 2.75) is 26.3 Å². The summed E-state index contributed by atoms with van der Waals surface area (Å²) in [5.41, 5.74) is 6.41. The predicted octanol–water partition coefficient (Wildman–Crippen LogP) is 2.02. The lowest BCUT2D eigenvalue weighted by molar-refractivity contribution is 0.0611. The van der Waals surface area contributed by atoms with E-state index in [1.165, 1.54) is 0 Å². The Bertz CT molecular complexity index is 387. The van der Waals surface area contributed by atoms with E-state index in [-0.39, 0.29) is 11.4 Å². The van der Waals surface area contributed by atoms with Gasteiger partial charge in [0.25, 0.3) is 5.91 Å². The fraction of sp³-hybridized carbons (Fsp3) is 0.417. The average Bonchev–Trinajstić information content (AvgIpc) is 2.58. The number of hydrogen-bond acceptors (Lipinski definition) is 2. The number of rotatable bonds is 3. The summed E-state index contributed by atoms with van der Waals surface area (Å²) in [6.45, 7) is 10.1. The molecule has 1 aromatic rings. The van der Waals surface area contributed by atoms with Crippen LogP contribution >= 0.6 is 0 Å². The third-order valence-corrected chi connectivity index (χ3v) is 2.30. The molecule has 0 fully saturated rings. The molecule has 1 heterocycles. The molecule has 0 saturated heterocycles. The fourth-order valence-electron chi connectivity index (χ4n) is 1.47. The molecule has 1 aromatic heterocycles. The molecule has 4 nitrogen and oxygen atoms in total. The number of aromatic amines is 1. The molecule has 16 heavy (non-hydrogen) atoms. The number of hydrogen-bond donors (Lipinski definition) is 2. The Labute approximate surface area is 96.1 Å². The van der Waals surface area contributed by atoms with Gasteiger partial charge in [0.15, 0.2) is 0 Å². The highest BCUT2D eigenvalue weighted by atomic mass is 16.2. The first-order valence-corrected chi connectivity index (χ1v) is 5.23. The second-order valence-corrected chi connectivity index (χ2v) is 4.72. The highest BCUT2D eigenvalue weighted by molar-refractivity contribution is 5.94. The molecule has 3 N–H and O–H groups in total. The zero-order valence-corrected chi connectivity index (χ0v) is 10.1. The normalized spacial score (nSPS) is 11.2. The summed E-state index contributed by atoms with van der Waals surface area (Å²) >= 11 is 0. The van der Waals surface area contributed by atoms with Gasteiger partial charge in [-0.3, -0.25) is 4.79 Å². The SMILES string of the molecule is C=CCN(C(=O)c1cc(N)c[nH]1)C(C)(C)C. The molecule has 0 aromatic carbocycles. The maximum absolute atomic E-state index is 12.2. The minimum absolute atomic E-state index is 0.0656. The third-order valence-electron chi connectivity index (χ3n) is 2.30. The number of aromatic nitrogens is 1. The van der Waals surface area contributed by atoms with E-state index in [0.717, 1.165) is 0 Å². The van der Waals surface area contributed by atoms with Gasteiger partial charge in [0.1, 0.15) is 5.69 Å². The first-order valence-electron chi connectivity index (χ1n) is 5.23. The molecule has 0 atom stereocenters. The third kappa shape index (κ3) is 2.66. The van der Waals surface area contributed by atoms with Gasteiger partial charge in [0.2, 0.25) is 0 Å². The van der Waals surface area contributed by atoms with Crippen LogP contribution in [0.15, 0.2) is 24.9 Å². The van der Waals surface area contributed by atoms with Crippen molar-refractivity contribution in [1.82, 2.24) is 9.88 Å². The van der Waals surface area contributed by atoms with Crippen molar-refractivity contribution >= 4 is 11.6 Å². The molecular weight excluding hydrogens is 202 g/mol. The van der Waals surface area contributed by atoms with E-state index < -0.39 is 0 Å². The highest BCUT2D eigenvalue weighted by Gasteiger charge is 2.26. The van der Waals surface area contributed by atoms with Crippen molar-refractivity contribution < 1.29 is 4.79 Å². The smallest absolute Gasteiger partial charge is 0.271 e. The Morgan fingerprint density at radius 2 is 2.25 bits per heavy atom. The summed E-state index contributed by atoms with van der Waals surface area (Å²) in [7, 11) is 0. The number of nitrogens with two attached hydrogens (primary N) is 1. The van der Waals surface area contributed by atoms with Gasteiger partial charge in [-0.1, -0.05) is 6.08 Å². The monoisotopic (exact) mass is 221 g/mol. The van der Waals surface area contributed by atoms with Crippen LogP contribution in [0.5, 0.6) is 0 Å². The molecule has 0 spiro atoms. The summed E-state index contributed by atoms with van der Waals surface area (Å²) in [5.74, 6) is -0.0656. The van der Waals surface area contributed by atoms with Crippen LogP contribution in [0, 0.1) is 0 Å². The van der Waals surface area contributed by atoms with Crippen LogP contribution in [0.4, 0.5) is 5.69 Å². The summed E-state index contributed by atoms with van der Waals surface area (Å²) < 4.78 is 0. The van der Waals surface area contributed by atoms with Gasteiger partial charge >= 0.3 is 0 Å². The quantitative estimate of drug-likeness (QED) is 0.767. The second-order valence-electron chi connectivity index (χ2n) is 4.72. The van der Waals surface area contributed by atoms with E-state index in [1.807, 2.05) is 20.8 Å². The number of nitrogens with one attached hydrogen (secondary N) is 1. The summed E-state index contributed by atoms with van der Waals surface area (Å²) in [6, 6.07) is 1.64. The van der Waals surface area contributed by atoms with Gasteiger partial charge < -0.3 is 15.6 Å². The van der Waals surface area contributed by atoms with Crippen molar-refractivity contribution in [2.75, 3.05) is 12.3 Å². The summed E-state index contributed by atoms with van der Waals surface area (Å²) in [4.78, 5) is 16.8. The Morgan fingerprint density at radius 1 is 1.62 bits per heavy atom. The number of anilines is 1. The van der Waals surface area contributed by atoms with E-state index in [4.69, 9.17) is 5.73 Å². The Balaban J connectivity index is 2.96. The minimum atomic E-state index is -0.245. The number of nitrogen functional groups attached to an aromatic ring is 1. The van der Waals surface area contributed by atoms with Crippen LogP contribution in [0.3, 0.4) is 0 Å². The number of nitrogens with zero attached hydrogens (tertiary/aromatic N) is 1. The molecule has 1 rings (SSSR count). The predicted molar refractivity (Wildman–Crippen MR) is 66.2 cm³/mol. The molecule has 0 radical (unpaired) electrons. The van der Waals surface area contributed by atoms with E-state index in [2.05, 4.69) is 11.6 Å². The van der Waals surface area contributed by atoms with E-state index in [9.17, 15) is 4.79 Å². The van der Waals surface area contributed by atoms with Gasteiger partial charge in [0.05, 0.1) is 0 Å². The number of carbonyl (C=O) groups excluding carboxylic acids is 1. The molecule has 0 aliphatic carbocycles. The maximum Gasteiger partial charge on any atom is 0.271 e. The van der Waals surface area contributed by atoms with Crippen LogP contribution < -0.4 is 5.73 Å². The van der Waals surface area contributed by atoms with Gasteiger partial charge in [-0.25, -0.2) is 0 Å². The van der Waals surface area contributed by atoms with Gasteiger partial charge in [-0.05, 0) is 26.8 Å². The van der Waals surface area contributed by atoms with Crippen LogP contribution in [0.2, 0.25) is 0 Å². The summed E-state index contributed by atoms with van der Waals surface area (Å²) in [5, 5.41) is 0. The zero-order valence-electron chi connectivity index (χ0n) is 10.1. The Morgan fingerprint density at radius 3 is 2.62 bits per heavy atom. The number of carbonyl (C=O) groups is 1.